The van der Waals surface area contributed by atoms with Gasteiger partial charge in [-0.15, -0.1) is 0 Å². The Bertz CT molecular complexity index is 1460. The first-order valence-corrected chi connectivity index (χ1v) is 13.2. The van der Waals surface area contributed by atoms with Gasteiger partial charge in [0.25, 0.3) is 6.43 Å². The van der Waals surface area contributed by atoms with E-state index in [1.54, 1.807) is 6.20 Å². The number of nitrogens with zero attached hydrogens (tertiary/aromatic N) is 5. The molecule has 6 rings (SSSR count). The highest BCUT2D eigenvalue weighted by Gasteiger charge is 2.32. The van der Waals surface area contributed by atoms with Crippen molar-refractivity contribution in [3.05, 3.63) is 65.7 Å². The number of fused-ring (bicyclic) bond motifs is 3. The van der Waals surface area contributed by atoms with E-state index in [0.717, 1.165) is 22.7 Å². The van der Waals surface area contributed by atoms with E-state index in [1.807, 2.05) is 47.5 Å². The van der Waals surface area contributed by atoms with Gasteiger partial charge in [-0.25, -0.2) is 18.2 Å². The second-order valence-corrected chi connectivity index (χ2v) is 9.28. The molecule has 2 aromatic carbocycles. The molecule has 2 aliphatic rings. The molecule has 4 heterocycles. The number of alkyl halides is 2. The van der Waals surface area contributed by atoms with Crippen molar-refractivity contribution in [1.29, 1.82) is 0 Å². The van der Waals surface area contributed by atoms with Gasteiger partial charge in [-0.05, 0) is 18.2 Å². The summed E-state index contributed by atoms with van der Waals surface area (Å²) in [6.45, 7) is 7.66. The van der Waals surface area contributed by atoms with Crippen molar-refractivity contribution in [3.63, 3.8) is 0 Å². The summed E-state index contributed by atoms with van der Waals surface area (Å²) in [5.74, 6) is 0.173. The standard InChI is InChI=1S/C26H25F3N6O2.C2H6/c27-22-16(2-1-3-19(22)23(28)29)13-31-24-20-12-18(4-5-21(20)35-7-6-30-26(35)32-24)33-8-10-34(11-9-33)25(36)17-14-37-15-17;1-2/h1-7,12,17,23H,8-11,13-15H2,(H,30,31,32);1-2H3. The van der Waals surface area contributed by atoms with Crippen LogP contribution in [-0.4, -0.2) is 64.6 Å². The molecule has 1 amide bonds. The van der Waals surface area contributed by atoms with Crippen molar-refractivity contribution in [1.82, 2.24) is 19.3 Å². The zero-order valence-corrected chi connectivity index (χ0v) is 21.9. The number of anilines is 2. The molecule has 0 bridgehead atoms. The number of rotatable bonds is 6. The first kappa shape index (κ1) is 26.7. The monoisotopic (exact) mass is 540 g/mol. The van der Waals surface area contributed by atoms with Gasteiger partial charge in [0.05, 0.1) is 30.2 Å². The summed E-state index contributed by atoms with van der Waals surface area (Å²) in [5.41, 5.74) is 1.34. The number of nitrogens with one attached hydrogen (secondary N) is 1. The Labute approximate surface area is 224 Å². The third-order valence-electron chi connectivity index (χ3n) is 7.06. The maximum atomic E-state index is 14.6. The Hall–Kier alpha value is -3.86. The predicted octanol–water partition coefficient (Wildman–Crippen LogP) is 4.89. The fourth-order valence-corrected chi connectivity index (χ4v) is 4.89. The van der Waals surface area contributed by atoms with E-state index in [1.165, 1.54) is 12.1 Å². The summed E-state index contributed by atoms with van der Waals surface area (Å²) in [6, 6.07) is 10.0. The highest BCUT2D eigenvalue weighted by Crippen LogP contribution is 2.30. The highest BCUT2D eigenvalue weighted by atomic mass is 19.3. The summed E-state index contributed by atoms with van der Waals surface area (Å²) in [5, 5.41) is 3.93. The number of hydrogen-bond acceptors (Lipinski definition) is 6. The van der Waals surface area contributed by atoms with Crippen LogP contribution in [0.15, 0.2) is 48.8 Å². The molecule has 2 aliphatic heterocycles. The molecule has 0 aliphatic carbocycles. The lowest BCUT2D eigenvalue weighted by molar-refractivity contribution is -0.150. The van der Waals surface area contributed by atoms with Crippen molar-refractivity contribution in [2.24, 2.45) is 5.92 Å². The van der Waals surface area contributed by atoms with E-state index in [4.69, 9.17) is 4.74 Å². The summed E-state index contributed by atoms with van der Waals surface area (Å²) in [6.07, 6.45) is 0.573. The van der Waals surface area contributed by atoms with Crippen molar-refractivity contribution in [2.45, 2.75) is 26.8 Å². The van der Waals surface area contributed by atoms with Gasteiger partial charge < -0.3 is 19.9 Å². The summed E-state index contributed by atoms with van der Waals surface area (Å²) >= 11 is 0. The zero-order chi connectivity index (χ0) is 27.5. The van der Waals surface area contributed by atoms with Gasteiger partial charge in [0.1, 0.15) is 11.6 Å². The van der Waals surface area contributed by atoms with Crippen LogP contribution in [0.3, 0.4) is 0 Å². The molecule has 1 N–H and O–H groups in total. The van der Waals surface area contributed by atoms with E-state index >= 15 is 0 Å². The molecular weight excluding hydrogens is 509 g/mol. The third kappa shape index (κ3) is 5.23. The van der Waals surface area contributed by atoms with Crippen LogP contribution in [0.2, 0.25) is 0 Å². The number of halogens is 3. The summed E-state index contributed by atoms with van der Waals surface area (Å²) in [4.78, 5) is 25.6. The first-order valence-electron chi connectivity index (χ1n) is 13.2. The maximum Gasteiger partial charge on any atom is 0.266 e. The Morgan fingerprint density at radius 3 is 2.59 bits per heavy atom. The van der Waals surface area contributed by atoms with Crippen molar-refractivity contribution in [2.75, 3.05) is 49.6 Å². The van der Waals surface area contributed by atoms with Gasteiger partial charge in [0, 0.05) is 61.8 Å². The Balaban J connectivity index is 0.00000151. The van der Waals surface area contributed by atoms with Gasteiger partial charge in [0.15, 0.2) is 0 Å². The molecule has 2 fully saturated rings. The lowest BCUT2D eigenvalue weighted by atomic mass is 10.1. The second kappa shape index (κ2) is 11.5. The summed E-state index contributed by atoms with van der Waals surface area (Å²) in [7, 11) is 0. The fourth-order valence-electron chi connectivity index (χ4n) is 4.89. The van der Waals surface area contributed by atoms with Crippen molar-refractivity contribution < 1.29 is 22.7 Å². The van der Waals surface area contributed by atoms with Gasteiger partial charge in [-0.2, -0.15) is 4.98 Å². The van der Waals surface area contributed by atoms with Crippen molar-refractivity contribution in [3.8, 4) is 0 Å². The number of benzene rings is 2. The Kier molecular flexibility index (Phi) is 7.87. The van der Waals surface area contributed by atoms with Crippen molar-refractivity contribution >= 4 is 34.1 Å². The van der Waals surface area contributed by atoms with E-state index in [0.29, 0.717) is 51.0 Å². The van der Waals surface area contributed by atoms with E-state index in [2.05, 4.69) is 20.2 Å². The third-order valence-corrected chi connectivity index (χ3v) is 7.06. The van der Waals surface area contributed by atoms with Crippen LogP contribution in [0.4, 0.5) is 24.7 Å². The molecular formula is C28H31F3N6O2. The van der Waals surface area contributed by atoms with Crippen LogP contribution in [0.25, 0.3) is 16.7 Å². The molecule has 0 spiro atoms. The molecule has 0 radical (unpaired) electrons. The number of amides is 1. The smallest absolute Gasteiger partial charge is 0.266 e. The molecule has 2 aromatic heterocycles. The largest absolute Gasteiger partial charge is 0.380 e. The van der Waals surface area contributed by atoms with Gasteiger partial charge in [-0.3, -0.25) is 9.20 Å². The number of piperazine rings is 1. The van der Waals surface area contributed by atoms with Gasteiger partial charge in [0.2, 0.25) is 11.7 Å². The second-order valence-electron chi connectivity index (χ2n) is 9.28. The molecule has 2 saturated heterocycles. The van der Waals surface area contributed by atoms with Crippen LogP contribution in [0.5, 0.6) is 0 Å². The number of imidazole rings is 1. The zero-order valence-electron chi connectivity index (χ0n) is 21.9. The minimum absolute atomic E-state index is 0.0126. The number of carbonyl (C=O) groups excluding carboxylic acids is 1. The van der Waals surface area contributed by atoms with E-state index in [-0.39, 0.29) is 23.9 Å². The molecule has 8 nitrogen and oxygen atoms in total. The number of hydrogen-bond donors (Lipinski definition) is 1. The first-order chi connectivity index (χ1) is 19.0. The van der Waals surface area contributed by atoms with Gasteiger partial charge in [-0.1, -0.05) is 32.0 Å². The predicted molar refractivity (Wildman–Crippen MR) is 144 cm³/mol. The molecule has 0 atom stereocenters. The van der Waals surface area contributed by atoms with E-state index < -0.39 is 17.8 Å². The SMILES string of the molecule is CC.O=C(C1COC1)N1CCN(c2ccc3c(c2)c(NCc2cccc(C(F)F)c2F)nc2nccn23)CC1. The highest BCUT2D eigenvalue weighted by molar-refractivity contribution is 5.93. The van der Waals surface area contributed by atoms with Crippen LogP contribution in [0.1, 0.15) is 31.4 Å². The lowest BCUT2D eigenvalue weighted by Crippen LogP contribution is -2.53. The molecule has 4 aromatic rings. The van der Waals surface area contributed by atoms with Crippen LogP contribution >= 0.6 is 0 Å². The van der Waals surface area contributed by atoms with E-state index in [9.17, 15) is 18.0 Å². The van der Waals surface area contributed by atoms with Crippen LogP contribution < -0.4 is 10.2 Å². The molecule has 206 valence electrons. The Morgan fingerprint density at radius 2 is 1.90 bits per heavy atom. The fraction of sp³-hybridized carbons (Fsp3) is 0.393. The number of carbonyl (C=O) groups is 1. The normalized spacial score (nSPS) is 15.8. The number of aromatic nitrogens is 3. The Morgan fingerprint density at radius 1 is 1.13 bits per heavy atom. The van der Waals surface area contributed by atoms with Gasteiger partial charge >= 0.3 is 0 Å². The maximum absolute atomic E-state index is 14.6. The lowest BCUT2D eigenvalue weighted by Gasteiger charge is -2.39. The average molecular weight is 541 g/mol. The molecule has 0 unspecified atom stereocenters. The van der Waals surface area contributed by atoms with Crippen LogP contribution in [0, 0.1) is 11.7 Å². The molecule has 39 heavy (non-hydrogen) atoms. The van der Waals surface area contributed by atoms with Crippen LogP contribution in [-0.2, 0) is 16.1 Å². The molecule has 11 heteroatoms. The topological polar surface area (TPSA) is 75.0 Å². The minimum Gasteiger partial charge on any atom is -0.380 e. The average Bonchev–Trinajstić information content (AvgIpc) is 3.41. The molecule has 0 saturated carbocycles. The minimum atomic E-state index is -2.89. The number of ether oxygens (including phenoxy) is 1. The summed E-state index contributed by atoms with van der Waals surface area (Å²) < 4.78 is 47.9. The quantitative estimate of drug-likeness (QED) is 0.375.